The molecule has 0 aliphatic carbocycles. The Morgan fingerprint density at radius 3 is 2.75 bits per heavy atom. The van der Waals surface area contributed by atoms with E-state index in [4.69, 9.17) is 9.47 Å². The van der Waals surface area contributed by atoms with E-state index < -0.39 is 4.92 Å². The number of aromatic nitrogens is 1. The number of benzene rings is 1. The molecule has 1 aliphatic heterocycles. The van der Waals surface area contributed by atoms with Gasteiger partial charge in [0.15, 0.2) is 17.6 Å². The number of hydrogen-bond donors (Lipinski definition) is 0. The molecule has 7 nitrogen and oxygen atoms in total. The molecular formula is C17H19N3O4. The van der Waals surface area contributed by atoms with E-state index in [0.717, 1.165) is 24.5 Å². The van der Waals surface area contributed by atoms with Crippen LogP contribution in [0.3, 0.4) is 0 Å². The molecule has 0 N–H and O–H groups in total. The molecule has 1 atom stereocenters. The van der Waals surface area contributed by atoms with Crippen molar-refractivity contribution in [3.8, 4) is 11.5 Å². The molecule has 1 aromatic heterocycles. The van der Waals surface area contributed by atoms with Crippen molar-refractivity contribution in [2.75, 3.05) is 24.6 Å². The van der Waals surface area contributed by atoms with Crippen LogP contribution < -0.4 is 14.4 Å². The molecule has 126 valence electrons. The van der Waals surface area contributed by atoms with Gasteiger partial charge in [0.1, 0.15) is 18.6 Å². The van der Waals surface area contributed by atoms with E-state index in [1.54, 1.807) is 6.07 Å². The Hall–Kier alpha value is -2.83. The summed E-state index contributed by atoms with van der Waals surface area (Å²) in [5.41, 5.74) is -0.0126. The van der Waals surface area contributed by atoms with Gasteiger partial charge in [0, 0.05) is 12.6 Å². The lowest BCUT2D eigenvalue weighted by atomic mass is 10.2. The monoisotopic (exact) mass is 329 g/mol. The maximum Gasteiger partial charge on any atom is 0.287 e. The largest absolute Gasteiger partial charge is 0.486 e. The van der Waals surface area contributed by atoms with Gasteiger partial charge >= 0.3 is 0 Å². The van der Waals surface area contributed by atoms with E-state index in [9.17, 15) is 10.1 Å². The maximum atomic E-state index is 10.8. The third-order valence-electron chi connectivity index (χ3n) is 3.75. The molecule has 0 spiro atoms. The smallest absolute Gasteiger partial charge is 0.287 e. The average Bonchev–Trinajstić information content (AvgIpc) is 2.61. The fourth-order valence-electron chi connectivity index (χ4n) is 2.64. The second kappa shape index (κ2) is 7.16. The number of para-hydroxylation sites is 2. The molecule has 24 heavy (non-hydrogen) atoms. The highest BCUT2D eigenvalue weighted by atomic mass is 16.6. The average molecular weight is 329 g/mol. The van der Waals surface area contributed by atoms with Crippen molar-refractivity contribution in [3.05, 3.63) is 52.7 Å². The quantitative estimate of drug-likeness (QED) is 0.599. The predicted octanol–water partition coefficient (Wildman–Crippen LogP) is 3.05. The minimum Gasteiger partial charge on any atom is -0.486 e. The lowest BCUT2D eigenvalue weighted by Crippen LogP contribution is -2.41. The van der Waals surface area contributed by atoms with Crippen LogP contribution in [-0.2, 0) is 0 Å². The van der Waals surface area contributed by atoms with Gasteiger partial charge < -0.3 is 14.4 Å². The van der Waals surface area contributed by atoms with Crippen molar-refractivity contribution in [1.82, 2.24) is 4.98 Å². The molecule has 3 rings (SSSR count). The highest BCUT2D eigenvalue weighted by Crippen LogP contribution is 2.31. The van der Waals surface area contributed by atoms with Gasteiger partial charge in [-0.1, -0.05) is 19.1 Å². The van der Waals surface area contributed by atoms with Crippen LogP contribution in [0.5, 0.6) is 11.5 Å². The molecule has 0 saturated carbocycles. The molecule has 0 radical (unpaired) electrons. The molecule has 1 aliphatic rings. The van der Waals surface area contributed by atoms with Crippen molar-refractivity contribution in [2.45, 2.75) is 19.4 Å². The third kappa shape index (κ3) is 3.56. The number of anilines is 1. The molecule has 7 heteroatoms. The number of nitro groups is 1. The van der Waals surface area contributed by atoms with Crippen LogP contribution >= 0.6 is 0 Å². The third-order valence-corrected chi connectivity index (χ3v) is 3.75. The van der Waals surface area contributed by atoms with Crippen LogP contribution in [0.2, 0.25) is 0 Å². The standard InChI is InChI=1S/C17H19N3O4/c1-2-9-19(17-8-7-13(10-18-17)20(21)22)11-14-12-23-15-5-3-4-6-16(15)24-14/h3-8,10,14H,2,9,11-12H2,1H3/t14-/m0/s1. The molecule has 0 unspecified atom stereocenters. The van der Waals surface area contributed by atoms with Crippen LogP contribution in [0.4, 0.5) is 11.5 Å². The van der Waals surface area contributed by atoms with Gasteiger partial charge in [0.25, 0.3) is 5.69 Å². The van der Waals surface area contributed by atoms with Crippen molar-refractivity contribution < 1.29 is 14.4 Å². The zero-order valence-corrected chi connectivity index (χ0v) is 13.4. The first-order valence-electron chi connectivity index (χ1n) is 7.91. The maximum absolute atomic E-state index is 10.8. The zero-order chi connectivity index (χ0) is 16.9. The number of hydrogen-bond acceptors (Lipinski definition) is 6. The zero-order valence-electron chi connectivity index (χ0n) is 13.4. The van der Waals surface area contributed by atoms with Gasteiger partial charge in [0.2, 0.25) is 0 Å². The number of ether oxygens (including phenoxy) is 2. The predicted molar refractivity (Wildman–Crippen MR) is 89.7 cm³/mol. The van der Waals surface area contributed by atoms with Crippen LogP contribution in [0.1, 0.15) is 13.3 Å². The Labute approximate surface area is 140 Å². The minimum absolute atomic E-state index is 0.0126. The molecule has 1 aromatic carbocycles. The van der Waals surface area contributed by atoms with Gasteiger partial charge in [0.05, 0.1) is 11.5 Å². The summed E-state index contributed by atoms with van der Waals surface area (Å²) in [6.45, 7) is 3.93. The molecule has 2 aromatic rings. The highest BCUT2D eigenvalue weighted by molar-refractivity contribution is 5.44. The van der Waals surface area contributed by atoms with E-state index in [-0.39, 0.29) is 11.8 Å². The van der Waals surface area contributed by atoms with E-state index >= 15 is 0 Å². The number of nitrogens with zero attached hydrogens (tertiary/aromatic N) is 3. The Morgan fingerprint density at radius 1 is 1.29 bits per heavy atom. The normalized spacial score (nSPS) is 15.8. The van der Waals surface area contributed by atoms with Gasteiger partial charge in [-0.3, -0.25) is 10.1 Å². The summed E-state index contributed by atoms with van der Waals surface area (Å²) in [4.78, 5) is 16.6. The Balaban J connectivity index is 1.71. The van der Waals surface area contributed by atoms with Crippen molar-refractivity contribution in [1.29, 1.82) is 0 Å². The lowest BCUT2D eigenvalue weighted by molar-refractivity contribution is -0.385. The second-order valence-electron chi connectivity index (χ2n) is 5.58. The lowest BCUT2D eigenvalue weighted by Gasteiger charge is -2.31. The highest BCUT2D eigenvalue weighted by Gasteiger charge is 2.23. The van der Waals surface area contributed by atoms with E-state index in [2.05, 4.69) is 16.8 Å². The van der Waals surface area contributed by atoms with E-state index in [1.807, 2.05) is 24.3 Å². The first-order valence-corrected chi connectivity index (χ1v) is 7.91. The summed E-state index contributed by atoms with van der Waals surface area (Å²) < 4.78 is 11.7. The van der Waals surface area contributed by atoms with Crippen LogP contribution in [0, 0.1) is 10.1 Å². The van der Waals surface area contributed by atoms with Gasteiger partial charge in [-0.15, -0.1) is 0 Å². The summed E-state index contributed by atoms with van der Waals surface area (Å²) in [5, 5.41) is 10.8. The first-order chi connectivity index (χ1) is 11.7. The Kier molecular flexibility index (Phi) is 4.79. The summed E-state index contributed by atoms with van der Waals surface area (Å²) in [5.74, 6) is 2.19. The SMILES string of the molecule is CCCN(C[C@H]1COc2ccccc2O1)c1ccc([N+](=O)[O-])cn1. The van der Waals surface area contributed by atoms with Crippen molar-refractivity contribution in [3.63, 3.8) is 0 Å². The first kappa shape index (κ1) is 16.0. The van der Waals surface area contributed by atoms with Crippen LogP contribution in [-0.4, -0.2) is 35.7 Å². The topological polar surface area (TPSA) is 77.7 Å². The van der Waals surface area contributed by atoms with E-state index in [1.165, 1.54) is 12.3 Å². The fourth-order valence-corrected chi connectivity index (χ4v) is 2.64. The summed E-state index contributed by atoms with van der Waals surface area (Å²) >= 11 is 0. The summed E-state index contributed by atoms with van der Waals surface area (Å²) in [6, 6.07) is 10.7. The van der Waals surface area contributed by atoms with Crippen LogP contribution in [0.25, 0.3) is 0 Å². The minimum atomic E-state index is -0.448. The van der Waals surface area contributed by atoms with Crippen molar-refractivity contribution >= 4 is 11.5 Å². The van der Waals surface area contributed by atoms with Gasteiger partial charge in [-0.25, -0.2) is 4.98 Å². The second-order valence-corrected chi connectivity index (χ2v) is 5.58. The number of rotatable bonds is 6. The Morgan fingerprint density at radius 2 is 2.08 bits per heavy atom. The molecule has 0 fully saturated rings. The number of fused-ring (bicyclic) bond motifs is 1. The van der Waals surface area contributed by atoms with Crippen molar-refractivity contribution in [2.24, 2.45) is 0 Å². The van der Waals surface area contributed by atoms with Crippen LogP contribution in [0.15, 0.2) is 42.6 Å². The Bertz CT molecular complexity index is 705. The van der Waals surface area contributed by atoms with Gasteiger partial charge in [-0.2, -0.15) is 0 Å². The molecular weight excluding hydrogens is 310 g/mol. The van der Waals surface area contributed by atoms with E-state index in [0.29, 0.717) is 19.0 Å². The summed E-state index contributed by atoms with van der Waals surface area (Å²) in [6.07, 6.45) is 2.09. The molecule has 0 saturated heterocycles. The summed E-state index contributed by atoms with van der Waals surface area (Å²) in [7, 11) is 0. The fraction of sp³-hybridized carbons (Fsp3) is 0.353. The molecule has 0 amide bonds. The molecule has 2 heterocycles. The number of pyridine rings is 1. The van der Waals surface area contributed by atoms with Gasteiger partial charge in [-0.05, 0) is 24.6 Å². The molecule has 0 bridgehead atoms.